The van der Waals surface area contributed by atoms with E-state index in [0.717, 1.165) is 43.4 Å². The van der Waals surface area contributed by atoms with Gasteiger partial charge in [0.15, 0.2) is 12.6 Å². The summed E-state index contributed by atoms with van der Waals surface area (Å²) >= 11 is 0. The van der Waals surface area contributed by atoms with E-state index in [1.165, 1.54) is 0 Å². The van der Waals surface area contributed by atoms with Crippen molar-refractivity contribution in [3.8, 4) is 5.75 Å². The summed E-state index contributed by atoms with van der Waals surface area (Å²) < 4.78 is 16.7. The highest BCUT2D eigenvalue weighted by molar-refractivity contribution is 5.97. The van der Waals surface area contributed by atoms with E-state index in [9.17, 15) is 4.79 Å². The van der Waals surface area contributed by atoms with Crippen molar-refractivity contribution in [2.75, 3.05) is 51.0 Å². The van der Waals surface area contributed by atoms with Crippen molar-refractivity contribution < 1.29 is 19.0 Å². The number of hydrogen-bond donors (Lipinski definition) is 2. The maximum atomic E-state index is 12.2. The van der Waals surface area contributed by atoms with Crippen LogP contribution in [0.2, 0.25) is 0 Å². The molecule has 1 aromatic carbocycles. The van der Waals surface area contributed by atoms with Crippen molar-refractivity contribution in [1.29, 1.82) is 0 Å². The summed E-state index contributed by atoms with van der Waals surface area (Å²) in [5, 5.41) is 6.64. The Balaban J connectivity index is 1.45. The summed E-state index contributed by atoms with van der Waals surface area (Å²) in [7, 11) is 0. The Hall–Kier alpha value is -2.32. The molecule has 8 nitrogen and oxygen atoms in total. The maximum absolute atomic E-state index is 12.2. The van der Waals surface area contributed by atoms with E-state index in [1.807, 2.05) is 31.2 Å². The normalized spacial score (nSPS) is 20.2. The van der Waals surface area contributed by atoms with Crippen molar-refractivity contribution >= 4 is 17.6 Å². The number of para-hydroxylation sites is 2. The second-order valence-corrected chi connectivity index (χ2v) is 7.28. The van der Waals surface area contributed by atoms with Crippen LogP contribution in [0.3, 0.4) is 0 Å². The van der Waals surface area contributed by atoms with Crippen LogP contribution in [0.15, 0.2) is 29.3 Å². The number of ether oxygens (including phenoxy) is 3. The summed E-state index contributed by atoms with van der Waals surface area (Å²) in [5.74, 6) is 1.51. The monoisotopic (exact) mass is 404 g/mol. The third kappa shape index (κ3) is 6.33. The topological polar surface area (TPSA) is 84.4 Å². The van der Waals surface area contributed by atoms with Crippen LogP contribution in [-0.2, 0) is 14.3 Å². The molecule has 2 N–H and O–H groups in total. The molecule has 0 aliphatic carbocycles. The predicted octanol–water partition coefficient (Wildman–Crippen LogP) is 1.55. The van der Waals surface area contributed by atoms with Crippen LogP contribution >= 0.6 is 0 Å². The van der Waals surface area contributed by atoms with Gasteiger partial charge in [-0.15, -0.1) is 0 Å². The number of guanidine groups is 1. The molecule has 1 fully saturated rings. The molecule has 0 aromatic heterocycles. The number of aliphatic imine (C=N–C) groups is 1. The number of rotatable bonds is 9. The summed E-state index contributed by atoms with van der Waals surface area (Å²) in [4.78, 5) is 18.7. The van der Waals surface area contributed by atoms with Gasteiger partial charge in [0, 0.05) is 32.3 Å². The highest BCUT2D eigenvalue weighted by Crippen LogP contribution is 2.31. The van der Waals surface area contributed by atoms with Gasteiger partial charge in [-0.25, -0.2) is 0 Å². The smallest absolute Gasteiger partial charge is 0.265 e. The van der Waals surface area contributed by atoms with Gasteiger partial charge in [-0.3, -0.25) is 9.79 Å². The minimum absolute atomic E-state index is 0.0145. The van der Waals surface area contributed by atoms with Gasteiger partial charge >= 0.3 is 0 Å². The molecule has 2 heterocycles. The average molecular weight is 405 g/mol. The van der Waals surface area contributed by atoms with E-state index in [1.54, 1.807) is 4.90 Å². The highest BCUT2D eigenvalue weighted by Gasteiger charge is 2.24. The molecule has 160 valence electrons. The largest absolute Gasteiger partial charge is 0.482 e. The van der Waals surface area contributed by atoms with Crippen molar-refractivity contribution in [2.24, 2.45) is 4.99 Å². The van der Waals surface area contributed by atoms with Crippen LogP contribution in [0, 0.1) is 0 Å². The third-order valence-electron chi connectivity index (χ3n) is 4.82. The summed E-state index contributed by atoms with van der Waals surface area (Å²) in [5.41, 5.74) is 0.833. The second-order valence-electron chi connectivity index (χ2n) is 7.28. The van der Waals surface area contributed by atoms with Crippen LogP contribution in [0.5, 0.6) is 5.75 Å². The standard InChI is InChI=1S/C21H32N4O4/c1-3-22-21(24-16(2)13-28-17-9-12-27-14-17)23-10-6-11-25-18-7-4-5-8-19(18)29-15-20(25)26/h4-5,7-8,16-17H,3,6,9-15H2,1-2H3,(H2,22,23,24). The van der Waals surface area contributed by atoms with Crippen molar-refractivity contribution in [3.05, 3.63) is 24.3 Å². The molecule has 0 radical (unpaired) electrons. The lowest BCUT2D eigenvalue weighted by Gasteiger charge is -2.29. The minimum Gasteiger partial charge on any atom is -0.482 e. The zero-order valence-corrected chi connectivity index (χ0v) is 17.4. The van der Waals surface area contributed by atoms with Crippen LogP contribution in [0.25, 0.3) is 0 Å². The first kappa shape index (κ1) is 21.4. The number of hydrogen-bond acceptors (Lipinski definition) is 5. The Bertz CT molecular complexity index is 691. The Morgan fingerprint density at radius 2 is 2.28 bits per heavy atom. The Morgan fingerprint density at radius 3 is 3.07 bits per heavy atom. The van der Waals surface area contributed by atoms with Crippen LogP contribution < -0.4 is 20.3 Å². The molecule has 2 unspecified atom stereocenters. The fraction of sp³-hybridized carbons (Fsp3) is 0.619. The fourth-order valence-electron chi connectivity index (χ4n) is 3.34. The number of anilines is 1. The molecule has 1 aromatic rings. The van der Waals surface area contributed by atoms with E-state index in [4.69, 9.17) is 14.2 Å². The Kier molecular flexibility index (Phi) is 8.13. The van der Waals surface area contributed by atoms with Gasteiger partial charge in [0.25, 0.3) is 5.91 Å². The van der Waals surface area contributed by atoms with Crippen LogP contribution in [0.1, 0.15) is 26.7 Å². The first-order valence-electron chi connectivity index (χ1n) is 10.4. The molecule has 0 spiro atoms. The Labute approximate surface area is 172 Å². The third-order valence-corrected chi connectivity index (χ3v) is 4.82. The lowest BCUT2D eigenvalue weighted by Crippen LogP contribution is -2.44. The molecule has 2 aliphatic rings. The number of carbonyl (C=O) groups excluding carboxylic acids is 1. The first-order chi connectivity index (χ1) is 14.2. The highest BCUT2D eigenvalue weighted by atomic mass is 16.5. The van der Waals surface area contributed by atoms with Gasteiger partial charge in [-0.2, -0.15) is 0 Å². The zero-order chi connectivity index (χ0) is 20.5. The number of nitrogens with zero attached hydrogens (tertiary/aromatic N) is 2. The number of benzene rings is 1. The molecule has 29 heavy (non-hydrogen) atoms. The van der Waals surface area contributed by atoms with Gasteiger partial charge in [0.1, 0.15) is 5.75 Å². The Morgan fingerprint density at radius 1 is 1.41 bits per heavy atom. The SMILES string of the molecule is CCNC(=NCCCN1C(=O)COc2ccccc21)NC(C)COC1CCOC1. The number of nitrogens with one attached hydrogen (secondary N) is 2. The maximum Gasteiger partial charge on any atom is 0.265 e. The van der Waals surface area contributed by atoms with E-state index < -0.39 is 0 Å². The van der Waals surface area contributed by atoms with Gasteiger partial charge < -0.3 is 29.7 Å². The molecule has 2 aliphatic heterocycles. The van der Waals surface area contributed by atoms with Crippen LogP contribution in [0.4, 0.5) is 5.69 Å². The number of amides is 1. The summed E-state index contributed by atoms with van der Waals surface area (Å²) in [6.07, 6.45) is 1.93. The van der Waals surface area contributed by atoms with E-state index in [-0.39, 0.29) is 24.7 Å². The fourth-order valence-corrected chi connectivity index (χ4v) is 3.34. The molecule has 8 heteroatoms. The van der Waals surface area contributed by atoms with Crippen LogP contribution in [-0.4, -0.2) is 70.1 Å². The number of carbonyl (C=O) groups is 1. The van der Waals surface area contributed by atoms with Crippen molar-refractivity contribution in [3.63, 3.8) is 0 Å². The summed E-state index contributed by atoms with van der Waals surface area (Å²) in [6.45, 7) is 8.30. The minimum atomic E-state index is -0.0145. The van der Waals surface area contributed by atoms with Gasteiger partial charge in [0.2, 0.25) is 0 Å². The van der Waals surface area contributed by atoms with E-state index >= 15 is 0 Å². The number of fused-ring (bicyclic) bond motifs is 1. The molecule has 1 amide bonds. The lowest BCUT2D eigenvalue weighted by atomic mass is 10.2. The molecule has 0 bridgehead atoms. The molecule has 1 saturated heterocycles. The second kappa shape index (κ2) is 11.0. The first-order valence-corrected chi connectivity index (χ1v) is 10.4. The van der Waals surface area contributed by atoms with Gasteiger partial charge in [0.05, 0.1) is 25.0 Å². The summed E-state index contributed by atoms with van der Waals surface area (Å²) in [6, 6.07) is 7.77. The van der Waals surface area contributed by atoms with E-state index in [2.05, 4.69) is 22.5 Å². The quantitative estimate of drug-likeness (QED) is 0.369. The van der Waals surface area contributed by atoms with Crippen molar-refractivity contribution in [1.82, 2.24) is 10.6 Å². The van der Waals surface area contributed by atoms with Gasteiger partial charge in [-0.05, 0) is 38.8 Å². The zero-order valence-electron chi connectivity index (χ0n) is 17.4. The predicted molar refractivity (Wildman–Crippen MR) is 113 cm³/mol. The molecule has 2 atom stereocenters. The van der Waals surface area contributed by atoms with E-state index in [0.29, 0.717) is 26.3 Å². The molecule has 3 rings (SSSR count). The van der Waals surface area contributed by atoms with Crippen molar-refractivity contribution in [2.45, 2.75) is 38.8 Å². The molecular weight excluding hydrogens is 372 g/mol. The lowest BCUT2D eigenvalue weighted by molar-refractivity contribution is -0.121. The molecular formula is C21H32N4O4. The molecule has 0 saturated carbocycles. The van der Waals surface area contributed by atoms with Gasteiger partial charge in [-0.1, -0.05) is 12.1 Å². The average Bonchev–Trinajstić information content (AvgIpc) is 3.24.